The first-order valence-corrected chi connectivity index (χ1v) is 13.8. The molecule has 40 heavy (non-hydrogen) atoms. The molecule has 1 atom stereocenters. The van der Waals surface area contributed by atoms with Crippen LogP contribution in [0.4, 0.5) is 11.6 Å². The lowest BCUT2D eigenvalue weighted by Gasteiger charge is -2.24. The van der Waals surface area contributed by atoms with E-state index in [2.05, 4.69) is 52.8 Å². The van der Waals surface area contributed by atoms with E-state index >= 15 is 0 Å². The number of fused-ring (bicyclic) bond motifs is 2. The molecule has 0 aromatic carbocycles. The van der Waals surface area contributed by atoms with E-state index in [-0.39, 0.29) is 0 Å². The van der Waals surface area contributed by atoms with Gasteiger partial charge in [0.05, 0.1) is 6.20 Å². The number of aromatic amines is 1. The predicted octanol–water partition coefficient (Wildman–Crippen LogP) is 3.16. The molecule has 0 bridgehead atoms. The van der Waals surface area contributed by atoms with Gasteiger partial charge in [0.25, 0.3) is 0 Å². The monoisotopic (exact) mass is 545 g/mol. The Morgan fingerprint density at radius 2 is 2.08 bits per heavy atom. The van der Waals surface area contributed by atoms with Crippen molar-refractivity contribution in [3.63, 3.8) is 0 Å². The van der Waals surface area contributed by atoms with Crippen molar-refractivity contribution in [2.24, 2.45) is 0 Å². The Morgan fingerprint density at radius 3 is 2.95 bits per heavy atom. The molecule has 0 fully saturated rings. The third kappa shape index (κ3) is 7.41. The summed E-state index contributed by atoms with van der Waals surface area (Å²) in [6, 6.07) is 9.06. The Morgan fingerprint density at radius 1 is 1.12 bits per heavy atom. The number of nitrogens with one attached hydrogen (secondary N) is 3. The van der Waals surface area contributed by atoms with Crippen molar-refractivity contribution < 1.29 is 14.6 Å². The molecule has 0 spiro atoms. The van der Waals surface area contributed by atoms with Crippen LogP contribution in [0.3, 0.4) is 0 Å². The Balaban J connectivity index is 1.16. The summed E-state index contributed by atoms with van der Waals surface area (Å²) in [4.78, 5) is 31.7. The molecule has 0 aliphatic carbocycles. The lowest BCUT2D eigenvalue weighted by Crippen LogP contribution is -2.37. The molecule has 5 rings (SSSR count). The quantitative estimate of drug-likeness (QED) is 0.163. The Kier molecular flexibility index (Phi) is 9.30. The van der Waals surface area contributed by atoms with Crippen LogP contribution in [-0.4, -0.2) is 84.9 Å². The summed E-state index contributed by atoms with van der Waals surface area (Å²) < 4.78 is 5.82. The number of H-pyrrole nitrogens is 1. The normalized spacial score (nSPS) is 13.5. The molecule has 4 N–H and O–H groups in total. The number of pyridine rings is 2. The third-order valence-electron chi connectivity index (χ3n) is 6.99. The average Bonchev–Trinajstić information content (AvgIpc) is 3.47. The van der Waals surface area contributed by atoms with E-state index in [1.165, 1.54) is 11.9 Å². The number of aryl methyl sites for hydroxylation is 2. The zero-order chi connectivity index (χ0) is 27.6. The van der Waals surface area contributed by atoms with Crippen LogP contribution in [0.15, 0.2) is 49.1 Å². The van der Waals surface area contributed by atoms with Crippen LogP contribution >= 0.6 is 0 Å². The molecular formula is C28H35N9O3. The molecule has 1 aliphatic rings. The standard InChI is InChI=1S/C28H35N9O3/c38-28(39)22(35-27-25-23(18-33-36-25)31-19-32-27)11-15-37(16-17-40-24-8-1-3-12-29-24)14-4-2-7-21-10-9-20-6-5-13-30-26(20)34-21/h1,3,8-10,12,18-19,22H,2,4-7,11,13-17H2,(H,30,34)(H,33,36)(H,38,39)(H,31,32,35). The Hall–Kier alpha value is -4.32. The maximum atomic E-state index is 12.1. The van der Waals surface area contributed by atoms with Crippen molar-refractivity contribution >= 4 is 28.6 Å². The van der Waals surface area contributed by atoms with Gasteiger partial charge in [-0.25, -0.2) is 24.7 Å². The van der Waals surface area contributed by atoms with Crippen molar-refractivity contribution in [3.8, 4) is 5.88 Å². The first-order chi connectivity index (χ1) is 19.7. The molecule has 5 heterocycles. The molecule has 0 amide bonds. The van der Waals surface area contributed by atoms with Crippen LogP contribution in [0.2, 0.25) is 0 Å². The van der Waals surface area contributed by atoms with Gasteiger partial charge in [-0.2, -0.15) is 5.10 Å². The van der Waals surface area contributed by atoms with Crippen LogP contribution in [0.1, 0.15) is 36.9 Å². The van der Waals surface area contributed by atoms with E-state index in [0.717, 1.165) is 56.7 Å². The summed E-state index contributed by atoms with van der Waals surface area (Å²) in [5.74, 6) is 1.09. The van der Waals surface area contributed by atoms with E-state index in [0.29, 0.717) is 48.8 Å². The summed E-state index contributed by atoms with van der Waals surface area (Å²) >= 11 is 0. The van der Waals surface area contributed by atoms with Crippen molar-refractivity contribution in [2.75, 3.05) is 43.4 Å². The highest BCUT2D eigenvalue weighted by molar-refractivity contribution is 5.87. The first-order valence-electron chi connectivity index (χ1n) is 13.8. The van der Waals surface area contributed by atoms with Gasteiger partial charge in [-0.1, -0.05) is 12.1 Å². The second-order valence-electron chi connectivity index (χ2n) is 9.83. The highest BCUT2D eigenvalue weighted by Gasteiger charge is 2.21. The zero-order valence-electron chi connectivity index (χ0n) is 22.4. The third-order valence-corrected chi connectivity index (χ3v) is 6.99. The average molecular weight is 546 g/mol. The van der Waals surface area contributed by atoms with Gasteiger partial charge in [0, 0.05) is 37.6 Å². The number of nitrogens with zero attached hydrogens (tertiary/aromatic N) is 6. The topological polar surface area (TPSA) is 154 Å². The number of anilines is 2. The number of carboxylic acid groups (broad SMARTS) is 1. The van der Waals surface area contributed by atoms with Crippen molar-refractivity contribution in [3.05, 3.63) is 60.3 Å². The first kappa shape index (κ1) is 27.3. The number of unbranched alkanes of at least 4 members (excludes halogenated alkanes) is 1. The maximum absolute atomic E-state index is 12.1. The Bertz CT molecular complexity index is 1380. The van der Waals surface area contributed by atoms with E-state index in [4.69, 9.17) is 9.72 Å². The second-order valence-corrected chi connectivity index (χ2v) is 9.83. The van der Waals surface area contributed by atoms with Gasteiger partial charge in [0.1, 0.15) is 35.8 Å². The molecule has 0 radical (unpaired) electrons. The molecule has 12 nitrogen and oxygen atoms in total. The van der Waals surface area contributed by atoms with Gasteiger partial charge in [-0.05, 0) is 62.8 Å². The van der Waals surface area contributed by atoms with Gasteiger partial charge >= 0.3 is 5.97 Å². The minimum atomic E-state index is -0.942. The van der Waals surface area contributed by atoms with Gasteiger partial charge in [-0.3, -0.25) is 10.00 Å². The van der Waals surface area contributed by atoms with Crippen LogP contribution in [0.25, 0.3) is 11.0 Å². The molecule has 4 aromatic rings. The smallest absolute Gasteiger partial charge is 0.326 e. The van der Waals surface area contributed by atoms with Gasteiger partial charge < -0.3 is 20.5 Å². The minimum absolute atomic E-state index is 0.386. The summed E-state index contributed by atoms with van der Waals surface area (Å²) in [5, 5.41) is 23.2. The Labute approximate surface area is 232 Å². The number of hydrogen-bond donors (Lipinski definition) is 4. The largest absolute Gasteiger partial charge is 0.480 e. The summed E-state index contributed by atoms with van der Waals surface area (Å²) in [6.07, 6.45) is 10.1. The summed E-state index contributed by atoms with van der Waals surface area (Å²) in [6.45, 7) is 3.49. The number of aromatic nitrogens is 6. The molecule has 12 heteroatoms. The maximum Gasteiger partial charge on any atom is 0.326 e. The number of carbonyl (C=O) groups is 1. The summed E-state index contributed by atoms with van der Waals surface area (Å²) in [7, 11) is 0. The fourth-order valence-electron chi connectivity index (χ4n) is 4.81. The molecule has 210 valence electrons. The summed E-state index contributed by atoms with van der Waals surface area (Å²) in [5.41, 5.74) is 3.61. The van der Waals surface area contributed by atoms with Crippen LogP contribution < -0.4 is 15.4 Å². The highest BCUT2D eigenvalue weighted by atomic mass is 16.5. The number of hydrogen-bond acceptors (Lipinski definition) is 10. The van der Waals surface area contributed by atoms with Gasteiger partial charge in [0.15, 0.2) is 5.82 Å². The van der Waals surface area contributed by atoms with E-state index in [9.17, 15) is 9.90 Å². The molecular weight excluding hydrogens is 510 g/mol. The van der Waals surface area contributed by atoms with Crippen molar-refractivity contribution in [1.29, 1.82) is 0 Å². The predicted molar refractivity (Wildman–Crippen MR) is 152 cm³/mol. The van der Waals surface area contributed by atoms with Gasteiger partial charge in [0.2, 0.25) is 5.88 Å². The highest BCUT2D eigenvalue weighted by Crippen LogP contribution is 2.21. The van der Waals surface area contributed by atoms with Crippen molar-refractivity contribution in [2.45, 2.75) is 44.6 Å². The number of aliphatic carboxylic acids is 1. The van der Waals surface area contributed by atoms with Gasteiger partial charge in [-0.15, -0.1) is 0 Å². The SMILES string of the molecule is O=C(O)C(CCN(CCCCc1ccc2c(n1)NCCC2)CCOc1ccccn1)Nc1ncnc2cn[nH]c12. The number of ether oxygens (including phenoxy) is 1. The lowest BCUT2D eigenvalue weighted by atomic mass is 10.1. The number of carboxylic acids is 1. The van der Waals surface area contributed by atoms with Crippen LogP contribution in [0, 0.1) is 0 Å². The second kappa shape index (κ2) is 13.7. The van der Waals surface area contributed by atoms with E-state index in [1.54, 1.807) is 12.4 Å². The fourth-order valence-corrected chi connectivity index (χ4v) is 4.81. The van der Waals surface area contributed by atoms with Crippen LogP contribution in [-0.2, 0) is 17.6 Å². The molecule has 0 saturated heterocycles. The zero-order valence-corrected chi connectivity index (χ0v) is 22.4. The van der Waals surface area contributed by atoms with Crippen molar-refractivity contribution in [1.82, 2.24) is 35.0 Å². The molecule has 1 aliphatic heterocycles. The number of rotatable bonds is 15. The van der Waals surface area contributed by atoms with Crippen LogP contribution in [0.5, 0.6) is 5.88 Å². The molecule has 1 unspecified atom stereocenters. The minimum Gasteiger partial charge on any atom is -0.480 e. The lowest BCUT2D eigenvalue weighted by molar-refractivity contribution is -0.138. The van der Waals surface area contributed by atoms with E-state index < -0.39 is 12.0 Å². The molecule has 0 saturated carbocycles. The van der Waals surface area contributed by atoms with E-state index in [1.807, 2.05) is 18.2 Å². The fraction of sp³-hybridized carbons (Fsp3) is 0.429. The molecule has 4 aromatic heterocycles.